The third-order valence-electron chi connectivity index (χ3n) is 4.06. The van der Waals surface area contributed by atoms with Crippen LogP contribution in [0.3, 0.4) is 0 Å². The number of carbonyl (C=O) groups is 1. The number of aromatic amines is 2. The lowest BCUT2D eigenvalue weighted by molar-refractivity contribution is 0.0920. The zero-order valence-electron chi connectivity index (χ0n) is 12.2. The van der Waals surface area contributed by atoms with Gasteiger partial charge in [0.2, 0.25) is 0 Å². The van der Waals surface area contributed by atoms with Gasteiger partial charge in [0.15, 0.2) is 0 Å². The number of hydrogen-bond acceptors (Lipinski definition) is 4. The molecule has 2 aromatic rings. The molecule has 0 spiro atoms. The molecule has 22 heavy (non-hydrogen) atoms. The minimum atomic E-state index is -0.727. The Kier molecular flexibility index (Phi) is 3.81. The summed E-state index contributed by atoms with van der Waals surface area (Å²) < 4.78 is 0. The molecule has 2 atom stereocenters. The van der Waals surface area contributed by atoms with E-state index in [1.54, 1.807) is 18.2 Å². The van der Waals surface area contributed by atoms with E-state index in [1.807, 2.05) is 6.92 Å². The maximum absolute atomic E-state index is 12.4. The molecule has 1 amide bonds. The third-order valence-corrected chi connectivity index (χ3v) is 4.06. The van der Waals surface area contributed by atoms with Crippen molar-refractivity contribution in [1.29, 1.82) is 0 Å². The number of fused-ring (bicyclic) bond motifs is 1. The largest absolute Gasteiger partial charge is 0.348 e. The van der Waals surface area contributed by atoms with Gasteiger partial charge in [0.05, 0.1) is 11.0 Å². The van der Waals surface area contributed by atoms with Gasteiger partial charge in [-0.15, -0.1) is 0 Å². The van der Waals surface area contributed by atoms with Gasteiger partial charge in [-0.1, -0.05) is 0 Å². The molecule has 0 saturated carbocycles. The number of carbonyl (C=O) groups excluding carboxylic acids is 1. The molecule has 1 saturated heterocycles. The highest BCUT2D eigenvalue weighted by molar-refractivity contribution is 5.97. The topological polar surface area (TPSA) is 107 Å². The van der Waals surface area contributed by atoms with E-state index < -0.39 is 11.1 Å². The molecule has 0 bridgehead atoms. The molecule has 0 radical (unpaired) electrons. The van der Waals surface area contributed by atoms with Crippen molar-refractivity contribution in [2.75, 3.05) is 6.54 Å². The second kappa shape index (κ2) is 5.76. The Balaban J connectivity index is 1.86. The van der Waals surface area contributed by atoms with Crippen LogP contribution >= 0.6 is 0 Å². The van der Waals surface area contributed by atoms with Gasteiger partial charge in [-0.3, -0.25) is 14.4 Å². The van der Waals surface area contributed by atoms with Gasteiger partial charge >= 0.3 is 11.1 Å². The molecule has 3 rings (SSSR count). The average Bonchev–Trinajstić information content (AvgIpc) is 2.50. The van der Waals surface area contributed by atoms with Gasteiger partial charge in [-0.05, 0) is 44.5 Å². The van der Waals surface area contributed by atoms with Gasteiger partial charge in [0.25, 0.3) is 5.91 Å². The molecule has 1 fully saturated rings. The van der Waals surface area contributed by atoms with E-state index >= 15 is 0 Å². The Labute approximate surface area is 126 Å². The molecule has 7 heteroatoms. The van der Waals surface area contributed by atoms with Crippen molar-refractivity contribution in [2.45, 2.75) is 31.8 Å². The monoisotopic (exact) mass is 302 g/mol. The summed E-state index contributed by atoms with van der Waals surface area (Å²) in [6.45, 7) is 3.02. The molecular formula is C15H18N4O3. The van der Waals surface area contributed by atoms with E-state index in [-0.39, 0.29) is 18.0 Å². The fourth-order valence-corrected chi connectivity index (χ4v) is 2.75. The lowest BCUT2D eigenvalue weighted by Crippen LogP contribution is -2.51. The van der Waals surface area contributed by atoms with Gasteiger partial charge in [-0.2, -0.15) is 0 Å². The van der Waals surface area contributed by atoms with Crippen molar-refractivity contribution in [3.05, 3.63) is 44.5 Å². The maximum Gasteiger partial charge on any atom is 0.314 e. The smallest absolute Gasteiger partial charge is 0.314 e. The van der Waals surface area contributed by atoms with Gasteiger partial charge in [0, 0.05) is 17.6 Å². The van der Waals surface area contributed by atoms with Crippen LogP contribution in [0.1, 0.15) is 30.1 Å². The first kappa shape index (κ1) is 14.5. The van der Waals surface area contributed by atoms with Crippen molar-refractivity contribution < 1.29 is 4.79 Å². The van der Waals surface area contributed by atoms with Crippen LogP contribution in [0.2, 0.25) is 0 Å². The summed E-state index contributed by atoms with van der Waals surface area (Å²) in [5, 5.41) is 6.34. The van der Waals surface area contributed by atoms with E-state index in [0.717, 1.165) is 19.4 Å². The predicted octanol–water partition coefficient (Wildman–Crippen LogP) is 0.0867. The van der Waals surface area contributed by atoms with Crippen LogP contribution in [0.5, 0.6) is 0 Å². The van der Waals surface area contributed by atoms with E-state index in [1.165, 1.54) is 0 Å². The van der Waals surface area contributed by atoms with Gasteiger partial charge in [0.1, 0.15) is 0 Å². The van der Waals surface area contributed by atoms with Crippen molar-refractivity contribution >= 4 is 16.9 Å². The predicted molar refractivity (Wildman–Crippen MR) is 83.1 cm³/mol. The Morgan fingerprint density at radius 1 is 1.18 bits per heavy atom. The van der Waals surface area contributed by atoms with E-state index in [2.05, 4.69) is 20.6 Å². The highest BCUT2D eigenvalue weighted by Gasteiger charge is 2.22. The van der Waals surface area contributed by atoms with Crippen LogP contribution < -0.4 is 21.8 Å². The first-order valence-corrected chi connectivity index (χ1v) is 7.35. The minimum absolute atomic E-state index is 0.0894. The molecular weight excluding hydrogens is 284 g/mol. The lowest BCUT2D eigenvalue weighted by Gasteiger charge is -2.30. The molecule has 1 aromatic carbocycles. The molecule has 2 unspecified atom stereocenters. The van der Waals surface area contributed by atoms with Crippen molar-refractivity contribution in [3.63, 3.8) is 0 Å². The number of benzene rings is 1. The fourth-order valence-electron chi connectivity index (χ4n) is 2.75. The number of hydrogen-bond donors (Lipinski definition) is 4. The lowest BCUT2D eigenvalue weighted by atomic mass is 9.99. The number of amides is 1. The highest BCUT2D eigenvalue weighted by atomic mass is 16.2. The summed E-state index contributed by atoms with van der Waals surface area (Å²) in [5.41, 5.74) is -0.0455. The summed E-state index contributed by atoms with van der Waals surface area (Å²) in [6.07, 6.45) is 1.97. The minimum Gasteiger partial charge on any atom is -0.348 e. The summed E-state index contributed by atoms with van der Waals surface area (Å²) in [5.74, 6) is -0.186. The summed E-state index contributed by atoms with van der Waals surface area (Å²) in [7, 11) is 0. The standard InChI is InChI=1S/C15H18N4O3/c1-8-10(3-2-6-16-8)17-13(20)9-4-5-11-12(7-9)19-15(22)14(21)18-11/h4-5,7-8,10,16H,2-3,6H2,1H3,(H,17,20)(H,18,21)(H,19,22). The Bertz CT molecular complexity index is 823. The van der Waals surface area contributed by atoms with Crippen LogP contribution in [0.15, 0.2) is 27.8 Å². The average molecular weight is 302 g/mol. The number of piperidine rings is 1. The summed E-state index contributed by atoms with van der Waals surface area (Å²) >= 11 is 0. The molecule has 0 aliphatic carbocycles. The SMILES string of the molecule is CC1NCCCC1NC(=O)c1ccc2[nH]c(=O)c(=O)[nH]c2c1. The zero-order chi connectivity index (χ0) is 15.7. The van der Waals surface area contributed by atoms with E-state index in [9.17, 15) is 14.4 Å². The highest BCUT2D eigenvalue weighted by Crippen LogP contribution is 2.12. The van der Waals surface area contributed by atoms with Gasteiger partial charge in [-0.25, -0.2) is 0 Å². The third kappa shape index (κ3) is 2.80. The molecule has 4 N–H and O–H groups in total. The molecule has 1 aromatic heterocycles. The Morgan fingerprint density at radius 3 is 2.64 bits per heavy atom. The Morgan fingerprint density at radius 2 is 1.91 bits per heavy atom. The first-order chi connectivity index (χ1) is 10.5. The van der Waals surface area contributed by atoms with Gasteiger partial charge < -0.3 is 20.6 Å². The van der Waals surface area contributed by atoms with Crippen molar-refractivity contribution in [2.24, 2.45) is 0 Å². The Hall–Kier alpha value is -2.41. The maximum atomic E-state index is 12.4. The second-order valence-corrected chi connectivity index (χ2v) is 5.63. The summed E-state index contributed by atoms with van der Waals surface area (Å²) in [4.78, 5) is 39.9. The quantitative estimate of drug-likeness (QED) is 0.590. The van der Waals surface area contributed by atoms with Crippen LogP contribution in [-0.2, 0) is 0 Å². The van der Waals surface area contributed by atoms with Crippen molar-refractivity contribution in [3.8, 4) is 0 Å². The number of aromatic nitrogens is 2. The summed E-state index contributed by atoms with van der Waals surface area (Å²) in [6, 6.07) is 5.14. The molecule has 7 nitrogen and oxygen atoms in total. The fraction of sp³-hybridized carbons (Fsp3) is 0.400. The second-order valence-electron chi connectivity index (χ2n) is 5.63. The number of nitrogens with one attached hydrogen (secondary N) is 4. The van der Waals surface area contributed by atoms with Crippen LogP contribution in [0.4, 0.5) is 0 Å². The van der Waals surface area contributed by atoms with E-state index in [0.29, 0.717) is 16.6 Å². The first-order valence-electron chi connectivity index (χ1n) is 7.35. The van der Waals surface area contributed by atoms with E-state index in [4.69, 9.17) is 0 Å². The molecule has 1 aliphatic heterocycles. The molecule has 116 valence electrons. The molecule has 2 heterocycles. The number of H-pyrrole nitrogens is 2. The zero-order valence-corrected chi connectivity index (χ0v) is 12.2. The van der Waals surface area contributed by atoms with Crippen molar-refractivity contribution in [1.82, 2.24) is 20.6 Å². The van der Waals surface area contributed by atoms with Crippen LogP contribution in [0, 0.1) is 0 Å². The number of rotatable bonds is 2. The van der Waals surface area contributed by atoms with Crippen LogP contribution in [-0.4, -0.2) is 34.5 Å². The molecule has 1 aliphatic rings. The van der Waals surface area contributed by atoms with Crippen LogP contribution in [0.25, 0.3) is 11.0 Å². The normalized spacial score (nSPS) is 21.7.